The van der Waals surface area contributed by atoms with E-state index in [1.165, 1.54) is 45.2 Å². The topological polar surface area (TPSA) is 15.3 Å². The van der Waals surface area contributed by atoms with Gasteiger partial charge in [0.15, 0.2) is 0 Å². The van der Waals surface area contributed by atoms with E-state index in [4.69, 9.17) is 0 Å². The lowest BCUT2D eigenvalue weighted by Crippen LogP contribution is -2.30. The Morgan fingerprint density at radius 2 is 1.68 bits per heavy atom. The summed E-state index contributed by atoms with van der Waals surface area (Å²) in [4.78, 5) is 2.48. The van der Waals surface area contributed by atoms with Crippen molar-refractivity contribution in [3.8, 4) is 0 Å². The SMILES string of the molecule is CC(CCCNC(C)C)CCC(C)N(C)CCCS. The second-order valence-electron chi connectivity index (χ2n) is 6.34. The molecule has 19 heavy (non-hydrogen) atoms. The number of thiol groups is 1. The van der Waals surface area contributed by atoms with Crippen LogP contribution in [0.25, 0.3) is 0 Å². The van der Waals surface area contributed by atoms with Crippen LogP contribution in [0, 0.1) is 5.92 Å². The number of nitrogens with zero attached hydrogens (tertiary/aromatic N) is 1. The van der Waals surface area contributed by atoms with E-state index in [1.54, 1.807) is 0 Å². The van der Waals surface area contributed by atoms with Crippen LogP contribution in [-0.2, 0) is 0 Å². The molecule has 116 valence electrons. The van der Waals surface area contributed by atoms with E-state index in [9.17, 15) is 0 Å². The zero-order chi connectivity index (χ0) is 14.7. The third-order valence-electron chi connectivity index (χ3n) is 3.92. The van der Waals surface area contributed by atoms with Crippen molar-refractivity contribution in [2.75, 3.05) is 25.9 Å². The summed E-state index contributed by atoms with van der Waals surface area (Å²) in [7, 11) is 2.24. The van der Waals surface area contributed by atoms with E-state index in [0.29, 0.717) is 12.1 Å². The Hall–Kier alpha value is 0.270. The maximum Gasteiger partial charge on any atom is 0.00639 e. The molecular weight excluding hydrogens is 252 g/mol. The lowest BCUT2D eigenvalue weighted by Gasteiger charge is -2.25. The summed E-state index contributed by atoms with van der Waals surface area (Å²) in [6, 6.07) is 1.33. The van der Waals surface area contributed by atoms with Crippen molar-refractivity contribution in [3.05, 3.63) is 0 Å². The van der Waals surface area contributed by atoms with E-state index in [1.807, 2.05) is 0 Å². The Balaban J connectivity index is 3.57. The highest BCUT2D eigenvalue weighted by Crippen LogP contribution is 2.16. The van der Waals surface area contributed by atoms with Crippen molar-refractivity contribution in [2.24, 2.45) is 5.92 Å². The van der Waals surface area contributed by atoms with Gasteiger partial charge in [0.2, 0.25) is 0 Å². The highest BCUT2D eigenvalue weighted by Gasteiger charge is 2.10. The lowest BCUT2D eigenvalue weighted by atomic mass is 9.97. The molecule has 0 aliphatic heterocycles. The number of hydrogen-bond donors (Lipinski definition) is 2. The fourth-order valence-corrected chi connectivity index (χ4v) is 2.41. The third kappa shape index (κ3) is 11.8. The van der Waals surface area contributed by atoms with Crippen LogP contribution in [-0.4, -0.2) is 42.9 Å². The van der Waals surface area contributed by atoms with Crippen molar-refractivity contribution in [2.45, 2.75) is 71.9 Å². The molecule has 0 bridgehead atoms. The molecule has 0 aromatic heterocycles. The Labute approximate surface area is 127 Å². The molecule has 0 saturated heterocycles. The van der Waals surface area contributed by atoms with Gasteiger partial charge in [-0.2, -0.15) is 12.6 Å². The molecule has 1 N–H and O–H groups in total. The van der Waals surface area contributed by atoms with E-state index >= 15 is 0 Å². The van der Waals surface area contributed by atoms with Crippen LogP contribution in [0.3, 0.4) is 0 Å². The van der Waals surface area contributed by atoms with Gasteiger partial charge in [0, 0.05) is 12.1 Å². The van der Waals surface area contributed by atoms with Gasteiger partial charge < -0.3 is 10.2 Å². The molecule has 0 aromatic carbocycles. The van der Waals surface area contributed by atoms with Crippen LogP contribution in [0.2, 0.25) is 0 Å². The van der Waals surface area contributed by atoms with Crippen LogP contribution in [0.4, 0.5) is 0 Å². The highest BCUT2D eigenvalue weighted by molar-refractivity contribution is 7.80. The molecule has 2 unspecified atom stereocenters. The number of rotatable bonds is 12. The largest absolute Gasteiger partial charge is 0.315 e. The molecule has 0 aliphatic carbocycles. The van der Waals surface area contributed by atoms with Crippen molar-refractivity contribution >= 4 is 12.6 Å². The zero-order valence-corrected chi connectivity index (χ0v) is 14.7. The van der Waals surface area contributed by atoms with Gasteiger partial charge in [-0.15, -0.1) is 0 Å². The van der Waals surface area contributed by atoms with Gasteiger partial charge in [-0.25, -0.2) is 0 Å². The Bertz CT molecular complexity index is 197. The molecule has 0 fully saturated rings. The molecule has 2 atom stereocenters. The second kappa shape index (κ2) is 12.0. The summed E-state index contributed by atoms with van der Waals surface area (Å²) in [6.45, 7) is 11.5. The normalized spacial score (nSPS) is 15.2. The van der Waals surface area contributed by atoms with Gasteiger partial charge in [-0.1, -0.05) is 20.8 Å². The van der Waals surface area contributed by atoms with Gasteiger partial charge in [0.1, 0.15) is 0 Å². The summed E-state index contributed by atoms with van der Waals surface area (Å²) in [5.41, 5.74) is 0. The maximum atomic E-state index is 4.28. The maximum absolute atomic E-state index is 4.28. The summed E-state index contributed by atoms with van der Waals surface area (Å²) in [6.07, 6.45) is 6.53. The molecule has 0 spiro atoms. The first-order chi connectivity index (χ1) is 8.97. The Morgan fingerprint density at radius 1 is 1.00 bits per heavy atom. The zero-order valence-electron chi connectivity index (χ0n) is 13.8. The molecular formula is C16H36N2S. The minimum atomic E-state index is 0.621. The molecule has 0 aromatic rings. The third-order valence-corrected chi connectivity index (χ3v) is 4.24. The predicted molar refractivity (Wildman–Crippen MR) is 91.3 cm³/mol. The molecule has 2 nitrogen and oxygen atoms in total. The Kier molecular flexibility index (Phi) is 12.2. The van der Waals surface area contributed by atoms with E-state index < -0.39 is 0 Å². The number of hydrogen-bond acceptors (Lipinski definition) is 3. The van der Waals surface area contributed by atoms with Crippen molar-refractivity contribution < 1.29 is 0 Å². The van der Waals surface area contributed by atoms with Gasteiger partial charge in [-0.05, 0) is 70.8 Å². The molecule has 0 amide bonds. The van der Waals surface area contributed by atoms with E-state index in [0.717, 1.165) is 11.7 Å². The van der Waals surface area contributed by atoms with E-state index in [-0.39, 0.29) is 0 Å². The molecule has 0 radical (unpaired) electrons. The highest BCUT2D eigenvalue weighted by atomic mass is 32.1. The van der Waals surface area contributed by atoms with Gasteiger partial charge in [0.25, 0.3) is 0 Å². The number of nitrogens with one attached hydrogen (secondary N) is 1. The summed E-state index contributed by atoms with van der Waals surface area (Å²) in [5.74, 6) is 1.85. The van der Waals surface area contributed by atoms with Crippen molar-refractivity contribution in [1.29, 1.82) is 0 Å². The molecule has 0 heterocycles. The Morgan fingerprint density at radius 3 is 2.26 bits per heavy atom. The fourth-order valence-electron chi connectivity index (χ4n) is 2.27. The van der Waals surface area contributed by atoms with Crippen LogP contribution < -0.4 is 5.32 Å². The first-order valence-electron chi connectivity index (χ1n) is 8.01. The minimum absolute atomic E-state index is 0.621. The summed E-state index contributed by atoms with van der Waals surface area (Å²) >= 11 is 4.28. The van der Waals surface area contributed by atoms with Crippen LogP contribution in [0.5, 0.6) is 0 Å². The van der Waals surface area contributed by atoms with Crippen molar-refractivity contribution in [3.63, 3.8) is 0 Å². The molecule has 0 rings (SSSR count). The van der Waals surface area contributed by atoms with Gasteiger partial charge >= 0.3 is 0 Å². The smallest absolute Gasteiger partial charge is 0.00639 e. The average molecular weight is 289 g/mol. The quantitative estimate of drug-likeness (QED) is 0.419. The summed E-state index contributed by atoms with van der Waals surface area (Å²) in [5, 5.41) is 3.49. The first kappa shape index (κ1) is 19.3. The van der Waals surface area contributed by atoms with Gasteiger partial charge in [-0.3, -0.25) is 0 Å². The van der Waals surface area contributed by atoms with Crippen LogP contribution in [0.1, 0.15) is 59.8 Å². The minimum Gasteiger partial charge on any atom is -0.315 e. The lowest BCUT2D eigenvalue weighted by molar-refractivity contribution is 0.233. The summed E-state index contributed by atoms with van der Waals surface area (Å²) < 4.78 is 0. The van der Waals surface area contributed by atoms with Gasteiger partial charge in [0.05, 0.1) is 0 Å². The average Bonchev–Trinajstić information content (AvgIpc) is 2.37. The predicted octanol–water partition coefficient (Wildman–Crippen LogP) is 3.82. The molecule has 3 heteroatoms. The van der Waals surface area contributed by atoms with E-state index in [2.05, 4.69) is 57.6 Å². The first-order valence-corrected chi connectivity index (χ1v) is 8.65. The molecule has 0 saturated carbocycles. The van der Waals surface area contributed by atoms with Crippen LogP contribution >= 0.6 is 12.6 Å². The second-order valence-corrected chi connectivity index (χ2v) is 6.79. The molecule has 0 aliphatic rings. The van der Waals surface area contributed by atoms with Crippen LogP contribution in [0.15, 0.2) is 0 Å². The standard InChI is InChI=1S/C16H36N2S/c1-14(2)17-11-6-8-15(3)9-10-16(4)18(5)12-7-13-19/h14-17,19H,6-13H2,1-5H3. The fraction of sp³-hybridized carbons (Fsp3) is 1.00. The monoisotopic (exact) mass is 288 g/mol. The van der Waals surface area contributed by atoms with Crippen molar-refractivity contribution in [1.82, 2.24) is 10.2 Å².